The Kier molecular flexibility index (Phi) is 3.63. The second-order valence-electron chi connectivity index (χ2n) is 7.34. The molecule has 0 atom stereocenters. The summed E-state index contributed by atoms with van der Waals surface area (Å²) in [7, 11) is 2.00. The Morgan fingerprint density at radius 3 is 2.65 bits per heavy atom. The van der Waals surface area contributed by atoms with Crippen molar-refractivity contribution >= 4 is 0 Å². The van der Waals surface area contributed by atoms with E-state index in [0.717, 1.165) is 19.6 Å². The highest BCUT2D eigenvalue weighted by molar-refractivity contribution is 5.06. The lowest BCUT2D eigenvalue weighted by molar-refractivity contribution is 0.00397. The first-order valence-corrected chi connectivity index (χ1v) is 7.98. The van der Waals surface area contributed by atoms with Crippen molar-refractivity contribution in [1.29, 1.82) is 0 Å². The fourth-order valence-electron chi connectivity index (χ4n) is 3.73. The molecule has 0 radical (unpaired) electrons. The number of rotatable bonds is 2. The van der Waals surface area contributed by atoms with E-state index in [0.29, 0.717) is 5.54 Å². The Morgan fingerprint density at radius 1 is 1.25 bits per heavy atom. The third-order valence-electron chi connectivity index (χ3n) is 5.18. The molecule has 20 heavy (non-hydrogen) atoms. The van der Waals surface area contributed by atoms with E-state index in [1.54, 1.807) is 0 Å². The minimum Gasteiger partial charge on any atom is -0.308 e. The third-order valence-corrected chi connectivity index (χ3v) is 5.18. The molecule has 1 N–H and O–H groups in total. The number of piperazine rings is 1. The Balaban J connectivity index is 1.75. The van der Waals surface area contributed by atoms with Gasteiger partial charge in [0.1, 0.15) is 0 Å². The first-order valence-electron chi connectivity index (χ1n) is 7.98. The van der Waals surface area contributed by atoms with Gasteiger partial charge in [0, 0.05) is 44.0 Å². The maximum atomic E-state index is 4.56. The summed E-state index contributed by atoms with van der Waals surface area (Å²) in [6, 6.07) is 2.14. The van der Waals surface area contributed by atoms with Gasteiger partial charge in [0.25, 0.3) is 0 Å². The van der Waals surface area contributed by atoms with Crippen molar-refractivity contribution in [1.82, 2.24) is 20.0 Å². The fourth-order valence-corrected chi connectivity index (χ4v) is 3.73. The van der Waals surface area contributed by atoms with Gasteiger partial charge in [0.2, 0.25) is 0 Å². The molecule has 112 valence electrons. The van der Waals surface area contributed by atoms with Gasteiger partial charge in [-0.3, -0.25) is 9.58 Å². The molecule has 0 unspecified atom stereocenters. The summed E-state index contributed by atoms with van der Waals surface area (Å²) in [6.45, 7) is 7.91. The molecular weight excluding hydrogens is 248 g/mol. The van der Waals surface area contributed by atoms with Crippen molar-refractivity contribution in [3.63, 3.8) is 0 Å². The van der Waals surface area contributed by atoms with E-state index in [1.165, 1.54) is 37.8 Å². The van der Waals surface area contributed by atoms with Crippen LogP contribution >= 0.6 is 0 Å². The average Bonchev–Trinajstić information content (AvgIpc) is 2.82. The summed E-state index contributed by atoms with van der Waals surface area (Å²) in [4.78, 5) is 2.64. The maximum Gasteiger partial charge on any atom is 0.0764 e. The SMILES string of the molecule is Cn1ccc(CN2CC3(CCCCC3)NCC2(C)C)n1. The van der Waals surface area contributed by atoms with Gasteiger partial charge < -0.3 is 5.32 Å². The zero-order valence-electron chi connectivity index (χ0n) is 13.2. The summed E-state index contributed by atoms with van der Waals surface area (Å²) >= 11 is 0. The molecule has 4 heteroatoms. The minimum absolute atomic E-state index is 0.209. The average molecular weight is 276 g/mol. The molecule has 1 aliphatic carbocycles. The Hall–Kier alpha value is -0.870. The molecule has 1 aromatic heterocycles. The van der Waals surface area contributed by atoms with Crippen LogP contribution in [0.2, 0.25) is 0 Å². The van der Waals surface area contributed by atoms with E-state index >= 15 is 0 Å². The predicted molar refractivity (Wildman–Crippen MR) is 81.5 cm³/mol. The standard InChI is InChI=1S/C16H28N4/c1-15(2)12-17-16(8-5-4-6-9-16)13-20(15)11-14-7-10-19(3)18-14/h7,10,17H,4-6,8-9,11-13H2,1-3H3. The van der Waals surface area contributed by atoms with Crippen LogP contribution in [-0.2, 0) is 13.6 Å². The van der Waals surface area contributed by atoms with Crippen molar-refractivity contribution in [2.75, 3.05) is 13.1 Å². The summed E-state index contributed by atoms with van der Waals surface area (Å²) in [6.07, 6.45) is 8.88. The molecule has 0 amide bonds. The zero-order valence-corrected chi connectivity index (χ0v) is 13.2. The lowest BCUT2D eigenvalue weighted by atomic mass is 9.77. The molecule has 1 spiro atoms. The number of aromatic nitrogens is 2. The molecule has 0 aromatic carbocycles. The normalized spacial score (nSPS) is 25.9. The van der Waals surface area contributed by atoms with Gasteiger partial charge in [-0.25, -0.2) is 0 Å². The van der Waals surface area contributed by atoms with Crippen LogP contribution in [0.15, 0.2) is 12.3 Å². The molecule has 1 saturated carbocycles. The lowest BCUT2D eigenvalue weighted by Crippen LogP contribution is -2.68. The van der Waals surface area contributed by atoms with E-state index in [-0.39, 0.29) is 5.54 Å². The van der Waals surface area contributed by atoms with Crippen LogP contribution < -0.4 is 5.32 Å². The van der Waals surface area contributed by atoms with E-state index in [2.05, 4.69) is 35.2 Å². The molecule has 3 rings (SSSR count). The maximum absolute atomic E-state index is 4.56. The highest BCUT2D eigenvalue weighted by Crippen LogP contribution is 2.35. The van der Waals surface area contributed by atoms with Gasteiger partial charge >= 0.3 is 0 Å². The Morgan fingerprint density at radius 2 is 2.00 bits per heavy atom. The van der Waals surface area contributed by atoms with E-state index in [9.17, 15) is 0 Å². The van der Waals surface area contributed by atoms with Gasteiger partial charge in [-0.1, -0.05) is 19.3 Å². The van der Waals surface area contributed by atoms with Crippen molar-refractivity contribution in [2.45, 2.75) is 63.6 Å². The van der Waals surface area contributed by atoms with Crippen molar-refractivity contribution in [3.8, 4) is 0 Å². The van der Waals surface area contributed by atoms with Gasteiger partial charge in [-0.2, -0.15) is 5.10 Å². The highest BCUT2D eigenvalue weighted by Gasteiger charge is 2.43. The van der Waals surface area contributed by atoms with Crippen LogP contribution in [0.1, 0.15) is 51.6 Å². The number of nitrogens with zero attached hydrogens (tertiary/aromatic N) is 3. The second kappa shape index (κ2) is 5.15. The summed E-state index contributed by atoms with van der Waals surface area (Å²) in [5.74, 6) is 0. The zero-order chi connectivity index (χ0) is 14.2. The second-order valence-corrected chi connectivity index (χ2v) is 7.34. The number of aryl methyl sites for hydroxylation is 1. The molecule has 4 nitrogen and oxygen atoms in total. The molecule has 1 saturated heterocycles. The monoisotopic (exact) mass is 276 g/mol. The summed E-state index contributed by atoms with van der Waals surface area (Å²) in [5, 5.41) is 8.44. The lowest BCUT2D eigenvalue weighted by Gasteiger charge is -2.53. The quantitative estimate of drug-likeness (QED) is 0.900. The Labute approximate surface area is 122 Å². The molecular formula is C16H28N4. The largest absolute Gasteiger partial charge is 0.308 e. The van der Waals surface area contributed by atoms with Crippen LogP contribution in [0.25, 0.3) is 0 Å². The third kappa shape index (κ3) is 2.77. The molecule has 0 bridgehead atoms. The molecule has 2 fully saturated rings. The van der Waals surface area contributed by atoms with Crippen LogP contribution in [0.3, 0.4) is 0 Å². The highest BCUT2D eigenvalue weighted by atomic mass is 15.3. The van der Waals surface area contributed by atoms with Crippen LogP contribution in [0.4, 0.5) is 0 Å². The van der Waals surface area contributed by atoms with Crippen LogP contribution in [0, 0.1) is 0 Å². The van der Waals surface area contributed by atoms with Crippen molar-refractivity contribution in [2.24, 2.45) is 7.05 Å². The van der Waals surface area contributed by atoms with Gasteiger partial charge in [0.15, 0.2) is 0 Å². The van der Waals surface area contributed by atoms with Crippen molar-refractivity contribution in [3.05, 3.63) is 18.0 Å². The topological polar surface area (TPSA) is 33.1 Å². The van der Waals surface area contributed by atoms with Crippen LogP contribution in [0.5, 0.6) is 0 Å². The van der Waals surface area contributed by atoms with E-state index in [1.807, 2.05) is 17.9 Å². The molecule has 2 aliphatic rings. The number of nitrogens with one attached hydrogen (secondary N) is 1. The van der Waals surface area contributed by atoms with E-state index < -0.39 is 0 Å². The molecule has 1 aliphatic heterocycles. The Bertz CT molecular complexity index is 457. The fraction of sp³-hybridized carbons (Fsp3) is 0.812. The first-order chi connectivity index (χ1) is 9.49. The van der Waals surface area contributed by atoms with Gasteiger partial charge in [-0.15, -0.1) is 0 Å². The predicted octanol–water partition coefficient (Wildman–Crippen LogP) is 2.31. The molecule has 2 heterocycles. The summed E-state index contributed by atoms with van der Waals surface area (Å²) in [5.41, 5.74) is 1.76. The first kappa shape index (κ1) is 14.1. The smallest absolute Gasteiger partial charge is 0.0764 e. The van der Waals surface area contributed by atoms with Gasteiger partial charge in [0.05, 0.1) is 5.69 Å². The van der Waals surface area contributed by atoms with Crippen molar-refractivity contribution < 1.29 is 0 Å². The van der Waals surface area contributed by atoms with Gasteiger partial charge in [-0.05, 0) is 32.8 Å². The number of hydrogen-bond donors (Lipinski definition) is 1. The minimum atomic E-state index is 0.209. The summed E-state index contributed by atoms with van der Waals surface area (Å²) < 4.78 is 1.90. The molecule has 1 aromatic rings. The van der Waals surface area contributed by atoms with E-state index in [4.69, 9.17) is 0 Å². The van der Waals surface area contributed by atoms with Crippen LogP contribution in [-0.4, -0.2) is 38.8 Å². The number of hydrogen-bond acceptors (Lipinski definition) is 3.